The van der Waals surface area contributed by atoms with Crippen molar-refractivity contribution in [3.05, 3.63) is 65.2 Å². The molecular weight excluding hydrogens is 367 g/mol. The summed E-state index contributed by atoms with van der Waals surface area (Å²) in [6.07, 6.45) is -1.93. The molecule has 0 unspecified atom stereocenters. The van der Waals surface area contributed by atoms with Crippen LogP contribution in [0.25, 0.3) is 0 Å². The summed E-state index contributed by atoms with van der Waals surface area (Å²) in [5, 5.41) is 3.06. The van der Waals surface area contributed by atoms with Crippen LogP contribution in [0.1, 0.15) is 29.5 Å². The Bertz CT molecular complexity index is 828. The third kappa shape index (κ3) is 4.97. The topological polar surface area (TPSA) is 59.6 Å². The van der Waals surface area contributed by atoms with Crippen LogP contribution >= 0.6 is 0 Å². The van der Waals surface area contributed by atoms with Gasteiger partial charge in [-0.05, 0) is 48.6 Å². The van der Waals surface area contributed by atoms with Gasteiger partial charge >= 0.3 is 6.18 Å². The maximum atomic E-state index is 12.9. The first-order chi connectivity index (χ1) is 13.3. The predicted molar refractivity (Wildman–Crippen MR) is 104 cm³/mol. The number of nitrogens with zero attached hydrogens (tertiary/aromatic N) is 1. The van der Waals surface area contributed by atoms with Crippen LogP contribution in [-0.2, 0) is 18.0 Å². The quantitative estimate of drug-likeness (QED) is 0.556. The monoisotopic (exact) mass is 391 g/mol. The average Bonchev–Trinajstić information content (AvgIpc) is 3.48. The molecule has 0 saturated heterocycles. The Hall–Kier alpha value is -2.70. The number of benzene rings is 2. The fourth-order valence-electron chi connectivity index (χ4n) is 3.13. The molecule has 0 bridgehead atoms. The Balaban J connectivity index is 1.54. The number of methoxy groups -OCH3 is 1. The fourth-order valence-corrected chi connectivity index (χ4v) is 3.13. The Kier molecular flexibility index (Phi) is 5.82. The number of ether oxygens (including phenoxy) is 1. The van der Waals surface area contributed by atoms with E-state index >= 15 is 0 Å². The second-order valence-corrected chi connectivity index (χ2v) is 7.09. The van der Waals surface area contributed by atoms with Gasteiger partial charge in [-0.1, -0.05) is 30.3 Å². The molecule has 28 heavy (non-hydrogen) atoms. The zero-order valence-electron chi connectivity index (χ0n) is 15.7. The third-order valence-corrected chi connectivity index (χ3v) is 5.09. The largest absolute Gasteiger partial charge is 0.497 e. The second-order valence-electron chi connectivity index (χ2n) is 7.09. The Labute approximate surface area is 162 Å². The van der Waals surface area contributed by atoms with Crippen LogP contribution in [0, 0.1) is 0 Å². The van der Waals surface area contributed by atoms with Crippen molar-refractivity contribution in [3.63, 3.8) is 0 Å². The number of nitrogens with two attached hydrogens (primary N) is 1. The molecule has 1 saturated carbocycles. The van der Waals surface area contributed by atoms with Gasteiger partial charge in [0.1, 0.15) is 5.75 Å². The van der Waals surface area contributed by atoms with Gasteiger partial charge in [-0.25, -0.2) is 0 Å². The molecule has 1 fully saturated rings. The minimum atomic E-state index is -4.34. The number of rotatable bonds is 7. The highest BCUT2D eigenvalue weighted by atomic mass is 19.4. The highest BCUT2D eigenvalue weighted by Crippen LogP contribution is 2.49. The Morgan fingerprint density at radius 1 is 1.18 bits per heavy atom. The molecule has 7 heteroatoms. The molecule has 2 aromatic rings. The van der Waals surface area contributed by atoms with Crippen LogP contribution in [0.5, 0.6) is 5.75 Å². The Morgan fingerprint density at radius 3 is 2.50 bits per heavy atom. The molecule has 0 heterocycles. The number of hydrogen-bond acceptors (Lipinski definition) is 2. The van der Waals surface area contributed by atoms with E-state index in [0.29, 0.717) is 24.6 Å². The molecule has 3 rings (SSSR count). The molecule has 0 radical (unpaired) electrons. The molecule has 0 spiro atoms. The zero-order chi connectivity index (χ0) is 20.2. The van der Waals surface area contributed by atoms with E-state index < -0.39 is 11.7 Å². The van der Waals surface area contributed by atoms with Crippen molar-refractivity contribution in [3.8, 4) is 5.75 Å². The van der Waals surface area contributed by atoms with Crippen molar-refractivity contribution in [2.45, 2.75) is 30.9 Å². The third-order valence-electron chi connectivity index (χ3n) is 5.09. The van der Waals surface area contributed by atoms with E-state index in [-0.39, 0.29) is 5.41 Å². The van der Waals surface area contributed by atoms with Gasteiger partial charge in [-0.2, -0.15) is 13.2 Å². The number of alkyl halides is 3. The molecule has 0 aliphatic heterocycles. The van der Waals surface area contributed by atoms with Crippen molar-refractivity contribution in [1.29, 1.82) is 0 Å². The molecule has 150 valence electrons. The number of hydrogen-bond donors (Lipinski definition) is 2. The van der Waals surface area contributed by atoms with Crippen molar-refractivity contribution >= 4 is 5.96 Å². The maximum Gasteiger partial charge on any atom is 0.416 e. The predicted octanol–water partition coefficient (Wildman–Crippen LogP) is 3.89. The summed E-state index contributed by atoms with van der Waals surface area (Å²) in [7, 11) is 1.62. The zero-order valence-corrected chi connectivity index (χ0v) is 15.7. The van der Waals surface area contributed by atoms with Gasteiger partial charge < -0.3 is 15.8 Å². The number of aliphatic imine (C=N–C) groups is 1. The van der Waals surface area contributed by atoms with Crippen molar-refractivity contribution in [2.24, 2.45) is 10.7 Å². The van der Waals surface area contributed by atoms with E-state index in [9.17, 15) is 13.2 Å². The first kappa shape index (κ1) is 20.0. The second kappa shape index (κ2) is 8.12. The van der Waals surface area contributed by atoms with Gasteiger partial charge in [-0.3, -0.25) is 4.99 Å². The van der Waals surface area contributed by atoms with E-state index in [2.05, 4.69) is 10.3 Å². The van der Waals surface area contributed by atoms with Gasteiger partial charge in [0.25, 0.3) is 0 Å². The molecule has 2 aromatic carbocycles. The van der Waals surface area contributed by atoms with Gasteiger partial charge in [0, 0.05) is 12.0 Å². The SMILES string of the molecule is COc1ccc(CCNC(N)=NCC2(c3cccc(C(F)(F)F)c3)CC2)cc1. The minimum Gasteiger partial charge on any atom is -0.497 e. The number of nitrogens with one attached hydrogen (secondary N) is 1. The van der Waals surface area contributed by atoms with Crippen molar-refractivity contribution in [1.82, 2.24) is 5.32 Å². The van der Waals surface area contributed by atoms with Crippen LogP contribution in [0.2, 0.25) is 0 Å². The number of halogens is 3. The highest BCUT2D eigenvalue weighted by Gasteiger charge is 2.45. The smallest absolute Gasteiger partial charge is 0.416 e. The molecule has 0 aromatic heterocycles. The van der Waals surface area contributed by atoms with Crippen molar-refractivity contribution in [2.75, 3.05) is 20.2 Å². The van der Waals surface area contributed by atoms with Crippen molar-refractivity contribution < 1.29 is 17.9 Å². The van der Waals surface area contributed by atoms with E-state index in [1.807, 2.05) is 24.3 Å². The van der Waals surface area contributed by atoms with Gasteiger partial charge in [0.15, 0.2) is 5.96 Å². The molecule has 0 amide bonds. The van der Waals surface area contributed by atoms with Crippen LogP contribution in [0.4, 0.5) is 13.2 Å². The van der Waals surface area contributed by atoms with E-state index in [4.69, 9.17) is 10.5 Å². The summed E-state index contributed by atoms with van der Waals surface area (Å²) in [4.78, 5) is 4.37. The summed E-state index contributed by atoms with van der Waals surface area (Å²) < 4.78 is 44.0. The Morgan fingerprint density at radius 2 is 1.89 bits per heavy atom. The molecule has 4 nitrogen and oxygen atoms in total. The summed E-state index contributed by atoms with van der Waals surface area (Å²) in [5.74, 6) is 1.12. The molecule has 0 atom stereocenters. The first-order valence-corrected chi connectivity index (χ1v) is 9.17. The lowest BCUT2D eigenvalue weighted by Crippen LogP contribution is -2.34. The summed E-state index contributed by atoms with van der Waals surface area (Å²) in [6, 6.07) is 13.3. The maximum absolute atomic E-state index is 12.9. The lowest BCUT2D eigenvalue weighted by Gasteiger charge is -2.16. The lowest BCUT2D eigenvalue weighted by atomic mass is 9.94. The average molecular weight is 391 g/mol. The van der Waals surface area contributed by atoms with Crippen LogP contribution in [-0.4, -0.2) is 26.2 Å². The summed E-state index contributed by atoms with van der Waals surface area (Å²) in [6.45, 7) is 1.01. The van der Waals surface area contributed by atoms with Crippen LogP contribution < -0.4 is 15.8 Å². The summed E-state index contributed by atoms with van der Waals surface area (Å²) >= 11 is 0. The van der Waals surface area contributed by atoms with E-state index in [1.54, 1.807) is 13.2 Å². The normalized spacial score (nSPS) is 15.9. The van der Waals surface area contributed by atoms with Crippen LogP contribution in [0.3, 0.4) is 0 Å². The number of guanidine groups is 1. The van der Waals surface area contributed by atoms with E-state index in [0.717, 1.165) is 36.6 Å². The molecular formula is C21H24F3N3O. The van der Waals surface area contributed by atoms with Gasteiger partial charge in [0.05, 0.1) is 19.2 Å². The van der Waals surface area contributed by atoms with Crippen LogP contribution in [0.15, 0.2) is 53.5 Å². The van der Waals surface area contributed by atoms with Gasteiger partial charge in [0.2, 0.25) is 0 Å². The molecule has 3 N–H and O–H groups in total. The minimum absolute atomic E-state index is 0.312. The lowest BCUT2D eigenvalue weighted by molar-refractivity contribution is -0.137. The molecule has 1 aliphatic rings. The standard InChI is InChI=1S/C21H24F3N3O/c1-28-18-7-5-15(6-8-18)9-12-26-19(25)27-14-20(10-11-20)16-3-2-4-17(13-16)21(22,23)24/h2-8,13H,9-12,14H2,1H3,(H3,25,26,27). The van der Waals surface area contributed by atoms with E-state index in [1.165, 1.54) is 12.1 Å². The molecule has 1 aliphatic carbocycles. The summed E-state index contributed by atoms with van der Waals surface area (Å²) in [5.41, 5.74) is 6.81. The fraction of sp³-hybridized carbons (Fsp3) is 0.381. The first-order valence-electron chi connectivity index (χ1n) is 9.17. The highest BCUT2D eigenvalue weighted by molar-refractivity contribution is 5.77. The van der Waals surface area contributed by atoms with Gasteiger partial charge in [-0.15, -0.1) is 0 Å².